The Morgan fingerprint density at radius 3 is 2.76 bits per heavy atom. The molecule has 126 valence electrons. The standard InChI is InChI=1S/C18H17N5O2/c24-18(20-15-5-4-13-2-1-3-14(13)10-15)11-25-17-8-6-16(7-9-17)23-12-19-21-22-23/h4-10,12H,1-3,11H2,(H,20,24). The SMILES string of the molecule is O=C(COc1ccc(-n2cnnn2)cc1)Nc1ccc2c(c1)CCC2. The lowest BCUT2D eigenvalue weighted by Gasteiger charge is -2.09. The molecule has 2 aromatic carbocycles. The fraction of sp³-hybridized carbons (Fsp3) is 0.222. The molecular formula is C18H17N5O2. The Hall–Kier alpha value is -3.22. The quantitative estimate of drug-likeness (QED) is 0.773. The van der Waals surface area contributed by atoms with Gasteiger partial charge in [0.2, 0.25) is 0 Å². The predicted molar refractivity (Wildman–Crippen MR) is 91.7 cm³/mol. The van der Waals surface area contributed by atoms with Gasteiger partial charge in [-0.05, 0) is 77.2 Å². The first-order valence-corrected chi connectivity index (χ1v) is 8.16. The first-order chi connectivity index (χ1) is 12.3. The largest absolute Gasteiger partial charge is 0.484 e. The van der Waals surface area contributed by atoms with E-state index in [0.717, 1.165) is 24.2 Å². The molecule has 3 aromatic rings. The maximum absolute atomic E-state index is 12.1. The highest BCUT2D eigenvalue weighted by molar-refractivity contribution is 5.92. The molecule has 7 nitrogen and oxygen atoms in total. The molecule has 0 saturated carbocycles. The van der Waals surface area contributed by atoms with Crippen LogP contribution in [0.3, 0.4) is 0 Å². The van der Waals surface area contributed by atoms with E-state index < -0.39 is 0 Å². The Kier molecular flexibility index (Phi) is 4.12. The topological polar surface area (TPSA) is 81.9 Å². The summed E-state index contributed by atoms with van der Waals surface area (Å²) < 4.78 is 7.08. The highest BCUT2D eigenvalue weighted by Crippen LogP contribution is 2.24. The summed E-state index contributed by atoms with van der Waals surface area (Å²) in [5, 5.41) is 13.9. The minimum atomic E-state index is -0.178. The molecule has 1 aliphatic carbocycles. The summed E-state index contributed by atoms with van der Waals surface area (Å²) in [5.41, 5.74) is 4.36. The molecule has 1 amide bonds. The molecule has 0 fully saturated rings. The number of anilines is 1. The van der Waals surface area contributed by atoms with Gasteiger partial charge >= 0.3 is 0 Å². The number of carbonyl (C=O) groups is 1. The van der Waals surface area contributed by atoms with Gasteiger partial charge in [-0.1, -0.05) is 6.07 Å². The second-order valence-corrected chi connectivity index (χ2v) is 5.92. The number of carbonyl (C=O) groups excluding carboxylic acids is 1. The molecule has 0 aliphatic heterocycles. The molecule has 1 aliphatic rings. The Labute approximate surface area is 144 Å². The summed E-state index contributed by atoms with van der Waals surface area (Å²) in [7, 11) is 0. The van der Waals surface area contributed by atoms with E-state index in [2.05, 4.69) is 33.0 Å². The third-order valence-corrected chi connectivity index (χ3v) is 4.20. The normalized spacial score (nSPS) is 12.6. The monoisotopic (exact) mass is 335 g/mol. The van der Waals surface area contributed by atoms with Crippen LogP contribution in [0.2, 0.25) is 0 Å². The highest BCUT2D eigenvalue weighted by Gasteiger charge is 2.12. The molecule has 0 radical (unpaired) electrons. The lowest BCUT2D eigenvalue weighted by Crippen LogP contribution is -2.20. The number of aromatic nitrogens is 4. The highest BCUT2D eigenvalue weighted by atomic mass is 16.5. The zero-order valence-electron chi connectivity index (χ0n) is 13.6. The molecule has 0 atom stereocenters. The third-order valence-electron chi connectivity index (χ3n) is 4.20. The average Bonchev–Trinajstić information content (AvgIpc) is 3.32. The molecule has 1 heterocycles. The first kappa shape index (κ1) is 15.3. The summed E-state index contributed by atoms with van der Waals surface area (Å²) in [5.74, 6) is 0.434. The molecule has 0 spiro atoms. The summed E-state index contributed by atoms with van der Waals surface area (Å²) >= 11 is 0. The van der Waals surface area contributed by atoms with Crippen LogP contribution in [0.1, 0.15) is 17.5 Å². The van der Waals surface area contributed by atoms with Gasteiger partial charge in [-0.3, -0.25) is 4.79 Å². The van der Waals surface area contributed by atoms with Crippen LogP contribution in [-0.2, 0) is 17.6 Å². The molecule has 0 bridgehead atoms. The molecule has 4 rings (SSSR count). The lowest BCUT2D eigenvalue weighted by molar-refractivity contribution is -0.118. The van der Waals surface area contributed by atoms with E-state index in [9.17, 15) is 4.79 Å². The molecule has 1 N–H and O–H groups in total. The van der Waals surface area contributed by atoms with Gasteiger partial charge in [-0.2, -0.15) is 0 Å². The zero-order chi connectivity index (χ0) is 17.1. The van der Waals surface area contributed by atoms with Crippen LogP contribution in [-0.4, -0.2) is 32.7 Å². The van der Waals surface area contributed by atoms with Crippen LogP contribution in [0.15, 0.2) is 48.8 Å². The van der Waals surface area contributed by atoms with Crippen LogP contribution in [0.25, 0.3) is 5.69 Å². The van der Waals surface area contributed by atoms with E-state index in [4.69, 9.17) is 4.74 Å². The maximum atomic E-state index is 12.1. The second-order valence-electron chi connectivity index (χ2n) is 5.92. The number of amides is 1. The first-order valence-electron chi connectivity index (χ1n) is 8.16. The van der Waals surface area contributed by atoms with Crippen LogP contribution in [0.5, 0.6) is 5.75 Å². The molecule has 7 heteroatoms. The Bertz CT molecular complexity index is 875. The maximum Gasteiger partial charge on any atom is 0.262 e. The van der Waals surface area contributed by atoms with E-state index in [1.54, 1.807) is 16.8 Å². The molecular weight excluding hydrogens is 318 g/mol. The van der Waals surface area contributed by atoms with Crippen molar-refractivity contribution >= 4 is 11.6 Å². The fourth-order valence-corrected chi connectivity index (χ4v) is 2.97. The third kappa shape index (κ3) is 3.50. The zero-order valence-corrected chi connectivity index (χ0v) is 13.6. The van der Waals surface area contributed by atoms with Crippen molar-refractivity contribution in [3.63, 3.8) is 0 Å². The van der Waals surface area contributed by atoms with Crippen molar-refractivity contribution in [1.82, 2.24) is 20.2 Å². The van der Waals surface area contributed by atoms with Crippen molar-refractivity contribution in [2.75, 3.05) is 11.9 Å². The number of hydrogen-bond acceptors (Lipinski definition) is 5. The number of nitrogens with one attached hydrogen (secondary N) is 1. The van der Waals surface area contributed by atoms with Crippen LogP contribution < -0.4 is 10.1 Å². The summed E-state index contributed by atoms with van der Waals surface area (Å²) in [4.78, 5) is 12.1. The molecule has 25 heavy (non-hydrogen) atoms. The summed E-state index contributed by atoms with van der Waals surface area (Å²) in [6, 6.07) is 13.3. The van der Waals surface area contributed by atoms with Crippen molar-refractivity contribution in [2.24, 2.45) is 0 Å². The van der Waals surface area contributed by atoms with E-state index in [0.29, 0.717) is 5.75 Å². The van der Waals surface area contributed by atoms with Gasteiger partial charge in [0.15, 0.2) is 6.61 Å². The van der Waals surface area contributed by atoms with Gasteiger partial charge < -0.3 is 10.1 Å². The summed E-state index contributed by atoms with van der Waals surface area (Å²) in [6.07, 6.45) is 4.92. The Morgan fingerprint density at radius 2 is 1.96 bits per heavy atom. The Balaban J connectivity index is 1.32. The smallest absolute Gasteiger partial charge is 0.262 e. The van der Waals surface area contributed by atoms with Crippen molar-refractivity contribution in [1.29, 1.82) is 0 Å². The molecule has 1 aromatic heterocycles. The lowest BCUT2D eigenvalue weighted by atomic mass is 10.1. The number of benzene rings is 2. The number of fused-ring (bicyclic) bond motifs is 1. The van der Waals surface area contributed by atoms with Crippen LogP contribution in [0, 0.1) is 0 Å². The molecule has 0 unspecified atom stereocenters. The van der Waals surface area contributed by atoms with E-state index in [1.807, 2.05) is 18.2 Å². The Morgan fingerprint density at radius 1 is 1.12 bits per heavy atom. The van der Waals surface area contributed by atoms with Gasteiger partial charge in [-0.15, -0.1) is 5.10 Å². The van der Waals surface area contributed by atoms with Crippen molar-refractivity contribution in [3.05, 3.63) is 59.9 Å². The van der Waals surface area contributed by atoms with Gasteiger partial charge in [0.05, 0.1) is 5.69 Å². The number of rotatable bonds is 5. The number of ether oxygens (including phenoxy) is 1. The van der Waals surface area contributed by atoms with Gasteiger partial charge in [-0.25, -0.2) is 4.68 Å². The van der Waals surface area contributed by atoms with Crippen molar-refractivity contribution in [3.8, 4) is 11.4 Å². The van der Waals surface area contributed by atoms with Crippen LogP contribution >= 0.6 is 0 Å². The van der Waals surface area contributed by atoms with Crippen LogP contribution in [0.4, 0.5) is 5.69 Å². The minimum absolute atomic E-state index is 0.0404. The average molecular weight is 335 g/mol. The van der Waals surface area contributed by atoms with E-state index in [-0.39, 0.29) is 12.5 Å². The van der Waals surface area contributed by atoms with E-state index in [1.165, 1.54) is 23.9 Å². The molecule has 0 saturated heterocycles. The van der Waals surface area contributed by atoms with Gasteiger partial charge in [0, 0.05) is 5.69 Å². The van der Waals surface area contributed by atoms with Gasteiger partial charge in [0.25, 0.3) is 5.91 Å². The minimum Gasteiger partial charge on any atom is -0.484 e. The van der Waals surface area contributed by atoms with E-state index >= 15 is 0 Å². The second kappa shape index (κ2) is 6.72. The van der Waals surface area contributed by atoms with Gasteiger partial charge in [0.1, 0.15) is 12.1 Å². The number of hydrogen-bond donors (Lipinski definition) is 1. The van der Waals surface area contributed by atoms with Crippen molar-refractivity contribution in [2.45, 2.75) is 19.3 Å². The number of nitrogens with zero attached hydrogens (tertiary/aromatic N) is 4. The number of aryl methyl sites for hydroxylation is 2. The predicted octanol–water partition coefficient (Wildman–Crippen LogP) is 2.17. The van der Waals surface area contributed by atoms with Crippen molar-refractivity contribution < 1.29 is 9.53 Å². The summed E-state index contributed by atoms with van der Waals surface area (Å²) in [6.45, 7) is -0.0404. The fourth-order valence-electron chi connectivity index (χ4n) is 2.97. The number of tetrazole rings is 1.